The number of halogens is 1. The SMILES string of the molecule is NC(=O)[C@@H]1CCN(C(=O)[C@@H](Oc2ccccc2Br)c2ccccc2)C1. The number of benzene rings is 2. The maximum atomic E-state index is 13.1. The maximum absolute atomic E-state index is 13.1. The number of likely N-dealkylation sites (tertiary alicyclic amines) is 1. The van der Waals surface area contributed by atoms with Crippen LogP contribution in [0.25, 0.3) is 0 Å². The molecule has 2 aromatic rings. The van der Waals surface area contributed by atoms with Gasteiger partial charge in [0.05, 0.1) is 10.4 Å². The van der Waals surface area contributed by atoms with E-state index in [-0.39, 0.29) is 17.7 Å². The van der Waals surface area contributed by atoms with Crippen LogP contribution in [-0.2, 0) is 9.59 Å². The molecule has 25 heavy (non-hydrogen) atoms. The lowest BCUT2D eigenvalue weighted by Gasteiger charge is -2.25. The lowest BCUT2D eigenvalue weighted by Crippen LogP contribution is -2.37. The van der Waals surface area contributed by atoms with Crippen LogP contribution in [0.5, 0.6) is 5.75 Å². The highest BCUT2D eigenvalue weighted by Gasteiger charge is 2.35. The van der Waals surface area contributed by atoms with Crippen LogP contribution < -0.4 is 10.5 Å². The van der Waals surface area contributed by atoms with Crippen LogP contribution in [-0.4, -0.2) is 29.8 Å². The average Bonchev–Trinajstić information content (AvgIpc) is 3.12. The van der Waals surface area contributed by atoms with Crippen LogP contribution in [0.1, 0.15) is 18.1 Å². The standard InChI is InChI=1S/C19H19BrN2O3/c20-15-8-4-5-9-16(15)25-17(13-6-2-1-3-7-13)19(24)22-11-10-14(12-22)18(21)23/h1-9,14,17H,10-12H2,(H2,21,23)/t14-,17+/m1/s1. The van der Waals surface area contributed by atoms with E-state index in [4.69, 9.17) is 10.5 Å². The Morgan fingerprint density at radius 1 is 1.12 bits per heavy atom. The quantitative estimate of drug-likeness (QED) is 0.835. The lowest BCUT2D eigenvalue weighted by molar-refractivity contribution is -0.138. The molecular weight excluding hydrogens is 384 g/mol. The van der Waals surface area contributed by atoms with Crippen molar-refractivity contribution in [1.82, 2.24) is 4.90 Å². The monoisotopic (exact) mass is 402 g/mol. The number of nitrogens with zero attached hydrogens (tertiary/aromatic N) is 1. The van der Waals surface area contributed by atoms with E-state index in [1.807, 2.05) is 54.6 Å². The number of carbonyl (C=O) groups excluding carboxylic acids is 2. The van der Waals surface area contributed by atoms with Crippen molar-refractivity contribution in [3.05, 3.63) is 64.6 Å². The topological polar surface area (TPSA) is 72.6 Å². The molecule has 0 bridgehead atoms. The van der Waals surface area contributed by atoms with Crippen molar-refractivity contribution < 1.29 is 14.3 Å². The van der Waals surface area contributed by atoms with E-state index in [0.29, 0.717) is 25.3 Å². The summed E-state index contributed by atoms with van der Waals surface area (Å²) in [4.78, 5) is 26.1. The smallest absolute Gasteiger partial charge is 0.268 e. The largest absolute Gasteiger partial charge is 0.475 e. The van der Waals surface area contributed by atoms with E-state index in [0.717, 1.165) is 10.0 Å². The molecule has 0 unspecified atom stereocenters. The van der Waals surface area contributed by atoms with Gasteiger partial charge in [0.15, 0.2) is 0 Å². The van der Waals surface area contributed by atoms with Crippen molar-refractivity contribution in [2.24, 2.45) is 11.7 Å². The summed E-state index contributed by atoms with van der Waals surface area (Å²) in [6, 6.07) is 16.8. The summed E-state index contributed by atoms with van der Waals surface area (Å²) in [5.74, 6) is -0.219. The summed E-state index contributed by atoms with van der Waals surface area (Å²) in [7, 11) is 0. The molecular formula is C19H19BrN2O3. The molecule has 1 aliphatic heterocycles. The van der Waals surface area contributed by atoms with Gasteiger partial charge in [-0.3, -0.25) is 9.59 Å². The summed E-state index contributed by atoms with van der Waals surface area (Å²) in [5, 5.41) is 0. The fourth-order valence-electron chi connectivity index (χ4n) is 2.91. The molecule has 1 aliphatic rings. The number of para-hydroxylation sites is 1. The molecule has 1 saturated heterocycles. The van der Waals surface area contributed by atoms with Crippen LogP contribution in [0.3, 0.4) is 0 Å². The minimum Gasteiger partial charge on any atom is -0.475 e. The first kappa shape index (κ1) is 17.5. The number of hydrogen-bond donors (Lipinski definition) is 1. The molecule has 5 nitrogen and oxygen atoms in total. The minimum absolute atomic E-state index is 0.161. The summed E-state index contributed by atoms with van der Waals surface area (Å²) >= 11 is 3.45. The zero-order chi connectivity index (χ0) is 17.8. The van der Waals surface area contributed by atoms with Crippen LogP contribution in [0, 0.1) is 5.92 Å². The fraction of sp³-hybridized carbons (Fsp3) is 0.263. The molecule has 2 aromatic carbocycles. The molecule has 1 fully saturated rings. The Bertz CT molecular complexity index is 766. The molecule has 130 valence electrons. The molecule has 1 heterocycles. The number of hydrogen-bond acceptors (Lipinski definition) is 3. The van der Waals surface area contributed by atoms with Crippen molar-refractivity contribution in [3.8, 4) is 5.75 Å². The Morgan fingerprint density at radius 2 is 1.80 bits per heavy atom. The van der Waals surface area contributed by atoms with Gasteiger partial charge < -0.3 is 15.4 Å². The van der Waals surface area contributed by atoms with Crippen molar-refractivity contribution in [2.45, 2.75) is 12.5 Å². The second-order valence-electron chi connectivity index (χ2n) is 6.01. The van der Waals surface area contributed by atoms with Crippen LogP contribution in [0.15, 0.2) is 59.1 Å². The van der Waals surface area contributed by atoms with Crippen molar-refractivity contribution in [3.63, 3.8) is 0 Å². The third-order valence-corrected chi connectivity index (χ3v) is 4.97. The lowest BCUT2D eigenvalue weighted by atomic mass is 10.1. The number of carbonyl (C=O) groups is 2. The van der Waals surface area contributed by atoms with E-state index >= 15 is 0 Å². The first-order valence-electron chi connectivity index (χ1n) is 8.10. The molecule has 0 radical (unpaired) electrons. The van der Waals surface area contributed by atoms with Crippen molar-refractivity contribution >= 4 is 27.7 Å². The van der Waals surface area contributed by atoms with Crippen molar-refractivity contribution in [1.29, 1.82) is 0 Å². The first-order valence-corrected chi connectivity index (χ1v) is 8.90. The van der Waals surface area contributed by atoms with Gasteiger partial charge in [-0.2, -0.15) is 0 Å². The van der Waals surface area contributed by atoms with E-state index in [1.165, 1.54) is 0 Å². The normalized spacial score (nSPS) is 18.0. The molecule has 0 spiro atoms. The molecule has 0 aromatic heterocycles. The van der Waals surface area contributed by atoms with Crippen LogP contribution in [0.4, 0.5) is 0 Å². The zero-order valence-electron chi connectivity index (χ0n) is 13.6. The highest BCUT2D eigenvalue weighted by atomic mass is 79.9. The van der Waals surface area contributed by atoms with E-state index < -0.39 is 6.10 Å². The predicted octanol–water partition coefficient (Wildman–Crippen LogP) is 2.90. The Hall–Kier alpha value is -2.34. The minimum atomic E-state index is -0.772. The summed E-state index contributed by atoms with van der Waals surface area (Å²) in [5.41, 5.74) is 6.15. The molecule has 3 rings (SSSR count). The second-order valence-corrected chi connectivity index (χ2v) is 6.87. The van der Waals surface area contributed by atoms with Gasteiger partial charge in [-0.05, 0) is 34.5 Å². The number of rotatable bonds is 5. The Labute approximate surface area is 154 Å². The Kier molecular flexibility index (Phi) is 5.38. The van der Waals surface area contributed by atoms with Gasteiger partial charge in [0.1, 0.15) is 5.75 Å². The van der Waals surface area contributed by atoms with E-state index in [9.17, 15) is 9.59 Å². The van der Waals surface area contributed by atoms with Crippen molar-refractivity contribution in [2.75, 3.05) is 13.1 Å². The van der Waals surface area contributed by atoms with Gasteiger partial charge in [-0.1, -0.05) is 42.5 Å². The number of ether oxygens (including phenoxy) is 1. The average molecular weight is 403 g/mol. The summed E-state index contributed by atoms with van der Waals surface area (Å²) in [6.45, 7) is 0.853. The first-order chi connectivity index (χ1) is 12.1. The Morgan fingerprint density at radius 3 is 2.44 bits per heavy atom. The van der Waals surface area contributed by atoms with E-state index in [2.05, 4.69) is 15.9 Å². The molecule has 0 aliphatic carbocycles. The van der Waals surface area contributed by atoms with Gasteiger partial charge >= 0.3 is 0 Å². The molecule has 2 amide bonds. The highest BCUT2D eigenvalue weighted by molar-refractivity contribution is 9.10. The number of amides is 2. The number of nitrogens with two attached hydrogens (primary N) is 1. The molecule has 2 N–H and O–H groups in total. The second kappa shape index (κ2) is 7.70. The van der Waals surface area contributed by atoms with Gasteiger partial charge in [-0.25, -0.2) is 0 Å². The van der Waals surface area contributed by atoms with Gasteiger partial charge in [0, 0.05) is 18.7 Å². The highest BCUT2D eigenvalue weighted by Crippen LogP contribution is 2.31. The Balaban J connectivity index is 1.85. The number of primary amides is 1. The van der Waals surface area contributed by atoms with Crippen LogP contribution in [0.2, 0.25) is 0 Å². The van der Waals surface area contributed by atoms with Crippen LogP contribution >= 0.6 is 15.9 Å². The molecule has 0 saturated carbocycles. The van der Waals surface area contributed by atoms with Gasteiger partial charge in [0.25, 0.3) is 5.91 Å². The van der Waals surface area contributed by atoms with Gasteiger partial charge in [0.2, 0.25) is 12.0 Å². The molecule has 6 heteroatoms. The predicted molar refractivity (Wildman–Crippen MR) is 97.8 cm³/mol. The summed E-state index contributed by atoms with van der Waals surface area (Å²) in [6.07, 6.45) is -0.177. The van der Waals surface area contributed by atoms with E-state index in [1.54, 1.807) is 4.90 Å². The zero-order valence-corrected chi connectivity index (χ0v) is 15.2. The fourth-order valence-corrected chi connectivity index (χ4v) is 3.29. The summed E-state index contributed by atoms with van der Waals surface area (Å²) < 4.78 is 6.82. The van der Waals surface area contributed by atoms with Gasteiger partial charge in [-0.15, -0.1) is 0 Å². The third kappa shape index (κ3) is 4.02. The molecule has 2 atom stereocenters. The maximum Gasteiger partial charge on any atom is 0.268 e. The third-order valence-electron chi connectivity index (χ3n) is 4.31.